The summed E-state index contributed by atoms with van der Waals surface area (Å²) in [5.41, 5.74) is -0.545. The van der Waals surface area contributed by atoms with Crippen molar-refractivity contribution in [2.75, 3.05) is 4.90 Å². The second kappa shape index (κ2) is 7.99. The predicted octanol–water partition coefficient (Wildman–Crippen LogP) is 3.89. The average Bonchev–Trinajstić information content (AvgIpc) is 3.04. The van der Waals surface area contributed by atoms with Crippen LogP contribution in [0.1, 0.15) is 17.2 Å². The number of pyridine rings is 1. The Morgan fingerprint density at radius 2 is 1.69 bits per heavy atom. The van der Waals surface area contributed by atoms with E-state index in [0.29, 0.717) is 11.6 Å². The van der Waals surface area contributed by atoms with Crippen LogP contribution >= 0.6 is 0 Å². The molecule has 0 aliphatic carbocycles. The number of nitro groups is 1. The Balaban J connectivity index is 1.92. The Kier molecular flexibility index (Phi) is 5.19. The normalized spacial score (nSPS) is 17.6. The highest BCUT2D eigenvalue weighted by Crippen LogP contribution is 2.42. The lowest BCUT2D eigenvalue weighted by molar-refractivity contribution is -0.384. The molecule has 4 rings (SSSR count). The van der Waals surface area contributed by atoms with Gasteiger partial charge in [0.2, 0.25) is 0 Å². The number of nitro benzene ring substituents is 1. The lowest BCUT2D eigenvalue weighted by Crippen LogP contribution is -2.30. The van der Waals surface area contributed by atoms with E-state index in [1.165, 1.54) is 36.7 Å². The quantitative estimate of drug-likeness (QED) is 0.218. The summed E-state index contributed by atoms with van der Waals surface area (Å²) in [4.78, 5) is 40.8. The maximum atomic E-state index is 14.6. The summed E-state index contributed by atoms with van der Waals surface area (Å²) in [6.07, 6.45) is 2.78. The van der Waals surface area contributed by atoms with Gasteiger partial charge in [0, 0.05) is 36.2 Å². The molecular formula is C22H13F2N3O5. The molecule has 8 nitrogen and oxygen atoms in total. The van der Waals surface area contributed by atoms with E-state index >= 15 is 0 Å². The lowest BCUT2D eigenvalue weighted by atomic mass is 9.95. The number of non-ortho nitro benzene ring substituents is 1. The first-order valence-electron chi connectivity index (χ1n) is 9.20. The predicted molar refractivity (Wildman–Crippen MR) is 108 cm³/mol. The summed E-state index contributed by atoms with van der Waals surface area (Å²) in [5, 5.41) is 21.8. The third-order valence-electron chi connectivity index (χ3n) is 4.99. The number of carbonyl (C=O) groups is 2. The fourth-order valence-electron chi connectivity index (χ4n) is 3.52. The zero-order valence-electron chi connectivity index (χ0n) is 16.1. The number of aliphatic hydroxyl groups excluding tert-OH is 1. The number of rotatable bonds is 4. The molecule has 1 saturated heterocycles. The van der Waals surface area contributed by atoms with Crippen molar-refractivity contribution in [3.8, 4) is 0 Å². The minimum absolute atomic E-state index is 0.0484. The van der Waals surface area contributed by atoms with Crippen LogP contribution in [0.25, 0.3) is 5.76 Å². The first kappa shape index (κ1) is 20.8. The average molecular weight is 437 g/mol. The van der Waals surface area contributed by atoms with Crippen LogP contribution in [0.4, 0.5) is 20.2 Å². The van der Waals surface area contributed by atoms with Crippen LogP contribution in [0.5, 0.6) is 0 Å². The molecule has 1 aliphatic heterocycles. The number of anilines is 1. The highest BCUT2D eigenvalue weighted by Gasteiger charge is 2.47. The minimum Gasteiger partial charge on any atom is -0.507 e. The number of carbonyl (C=O) groups excluding carboxylic acids is 2. The molecule has 1 fully saturated rings. The van der Waals surface area contributed by atoms with Gasteiger partial charge in [-0.3, -0.25) is 29.6 Å². The summed E-state index contributed by atoms with van der Waals surface area (Å²) in [7, 11) is 0. The van der Waals surface area contributed by atoms with E-state index in [1.807, 2.05) is 0 Å². The number of halogens is 2. The molecule has 1 amide bonds. The number of hydrogen-bond donors (Lipinski definition) is 1. The number of ketones is 1. The summed E-state index contributed by atoms with van der Waals surface area (Å²) in [6, 6.07) is 8.97. The number of nitrogens with zero attached hydrogens (tertiary/aromatic N) is 3. The standard InChI is InChI=1S/C22H13F2N3O5/c23-14-3-6-17(16(24)11-14)26-19(12-7-9-25-10-8-12)18(21(29)22(26)30)20(28)13-1-4-15(5-2-13)27(31)32/h1-11,19,28H/b20-18+. The molecule has 2 heterocycles. The van der Waals surface area contributed by atoms with Gasteiger partial charge in [-0.15, -0.1) is 0 Å². The van der Waals surface area contributed by atoms with E-state index in [-0.39, 0.29) is 22.5 Å². The molecule has 1 atom stereocenters. The molecule has 1 N–H and O–H groups in total. The van der Waals surface area contributed by atoms with E-state index in [1.54, 1.807) is 0 Å². The van der Waals surface area contributed by atoms with Gasteiger partial charge >= 0.3 is 0 Å². The summed E-state index contributed by atoms with van der Waals surface area (Å²) in [6.45, 7) is 0. The number of amides is 1. The SMILES string of the molecule is O=C1C(=O)N(c2ccc(F)cc2F)C(c2ccncc2)/C1=C(\O)c1ccc([N+](=O)[O-])cc1. The molecule has 0 bridgehead atoms. The largest absolute Gasteiger partial charge is 0.507 e. The zero-order valence-corrected chi connectivity index (χ0v) is 16.1. The van der Waals surface area contributed by atoms with E-state index in [0.717, 1.165) is 29.2 Å². The molecule has 1 aliphatic rings. The van der Waals surface area contributed by atoms with E-state index < -0.39 is 40.0 Å². The molecule has 32 heavy (non-hydrogen) atoms. The van der Waals surface area contributed by atoms with Gasteiger partial charge in [-0.25, -0.2) is 8.78 Å². The molecule has 3 aromatic rings. The third kappa shape index (κ3) is 3.47. The van der Waals surface area contributed by atoms with Crippen LogP contribution in [-0.4, -0.2) is 26.7 Å². The molecule has 1 unspecified atom stereocenters. The highest BCUT2D eigenvalue weighted by atomic mass is 19.1. The van der Waals surface area contributed by atoms with Crippen molar-refractivity contribution in [1.82, 2.24) is 4.98 Å². The molecule has 2 aromatic carbocycles. The van der Waals surface area contributed by atoms with Crippen LogP contribution in [0, 0.1) is 21.7 Å². The second-order valence-corrected chi connectivity index (χ2v) is 6.85. The van der Waals surface area contributed by atoms with Gasteiger partial charge in [0.05, 0.1) is 22.2 Å². The first-order chi connectivity index (χ1) is 15.3. The Labute approximate surface area is 179 Å². The first-order valence-corrected chi connectivity index (χ1v) is 9.20. The van der Waals surface area contributed by atoms with Crippen molar-refractivity contribution >= 4 is 28.8 Å². The molecular weight excluding hydrogens is 424 g/mol. The molecule has 160 valence electrons. The maximum absolute atomic E-state index is 14.6. The van der Waals surface area contributed by atoms with Crippen LogP contribution in [0.15, 0.2) is 72.6 Å². The van der Waals surface area contributed by atoms with E-state index in [9.17, 15) is 33.6 Å². The molecule has 0 radical (unpaired) electrons. The van der Waals surface area contributed by atoms with Crippen molar-refractivity contribution in [2.24, 2.45) is 0 Å². The topological polar surface area (TPSA) is 114 Å². The highest BCUT2D eigenvalue weighted by molar-refractivity contribution is 6.51. The molecule has 0 saturated carbocycles. The fourth-order valence-corrected chi connectivity index (χ4v) is 3.52. The molecule has 10 heteroatoms. The van der Waals surface area contributed by atoms with Crippen LogP contribution in [0.3, 0.4) is 0 Å². The number of hydrogen-bond acceptors (Lipinski definition) is 6. The van der Waals surface area contributed by atoms with Gasteiger partial charge in [0.1, 0.15) is 17.4 Å². The Morgan fingerprint density at radius 1 is 1.03 bits per heavy atom. The van der Waals surface area contributed by atoms with Crippen LogP contribution < -0.4 is 4.90 Å². The monoisotopic (exact) mass is 437 g/mol. The van der Waals surface area contributed by atoms with Gasteiger partial charge < -0.3 is 5.11 Å². The summed E-state index contributed by atoms with van der Waals surface area (Å²) < 4.78 is 28.0. The van der Waals surface area contributed by atoms with E-state index in [4.69, 9.17) is 0 Å². The zero-order chi connectivity index (χ0) is 23.0. The van der Waals surface area contributed by atoms with Crippen molar-refractivity contribution < 1.29 is 28.4 Å². The third-order valence-corrected chi connectivity index (χ3v) is 4.99. The molecule has 0 spiro atoms. The Morgan fingerprint density at radius 3 is 2.28 bits per heavy atom. The summed E-state index contributed by atoms with van der Waals surface area (Å²) >= 11 is 0. The van der Waals surface area contributed by atoms with Crippen molar-refractivity contribution in [1.29, 1.82) is 0 Å². The fraction of sp³-hybridized carbons (Fsp3) is 0.0455. The van der Waals surface area contributed by atoms with Crippen LogP contribution in [0.2, 0.25) is 0 Å². The van der Waals surface area contributed by atoms with E-state index in [2.05, 4.69) is 4.98 Å². The smallest absolute Gasteiger partial charge is 0.300 e. The van der Waals surface area contributed by atoms with Crippen molar-refractivity contribution in [3.63, 3.8) is 0 Å². The Bertz CT molecular complexity index is 1280. The van der Waals surface area contributed by atoms with Gasteiger partial charge in [0.15, 0.2) is 0 Å². The number of aromatic nitrogens is 1. The van der Waals surface area contributed by atoms with Crippen LogP contribution in [-0.2, 0) is 9.59 Å². The van der Waals surface area contributed by atoms with Gasteiger partial charge in [-0.1, -0.05) is 0 Å². The lowest BCUT2D eigenvalue weighted by Gasteiger charge is -2.25. The van der Waals surface area contributed by atoms with Gasteiger partial charge in [-0.2, -0.15) is 0 Å². The maximum Gasteiger partial charge on any atom is 0.300 e. The van der Waals surface area contributed by atoms with Gasteiger partial charge in [-0.05, 0) is 42.0 Å². The number of aliphatic hydroxyl groups is 1. The van der Waals surface area contributed by atoms with Crippen molar-refractivity contribution in [3.05, 3.63) is 105 Å². The Hall–Kier alpha value is -4.47. The second-order valence-electron chi connectivity index (χ2n) is 6.85. The van der Waals surface area contributed by atoms with Crippen molar-refractivity contribution in [2.45, 2.75) is 6.04 Å². The number of benzene rings is 2. The minimum atomic E-state index is -1.24. The summed E-state index contributed by atoms with van der Waals surface area (Å²) in [5.74, 6) is -4.74. The molecule has 1 aromatic heterocycles. The number of Topliss-reactive ketones (excluding diaryl/α,β-unsaturated/α-hetero) is 1. The van der Waals surface area contributed by atoms with Gasteiger partial charge in [0.25, 0.3) is 17.4 Å².